The van der Waals surface area contributed by atoms with Crippen molar-refractivity contribution in [1.82, 2.24) is 0 Å². The number of aryl methyl sites for hydroxylation is 2. The van der Waals surface area contributed by atoms with Crippen molar-refractivity contribution in [3.8, 4) is 28.5 Å². The van der Waals surface area contributed by atoms with Gasteiger partial charge in [0.1, 0.15) is 18.2 Å². The van der Waals surface area contributed by atoms with E-state index in [1.54, 1.807) is 0 Å². The van der Waals surface area contributed by atoms with Gasteiger partial charge in [-0.15, -0.1) is 0 Å². The number of nitrogens with zero attached hydrogens (tertiary/aromatic N) is 3. The van der Waals surface area contributed by atoms with Crippen molar-refractivity contribution in [1.29, 1.82) is 5.26 Å². The molecule has 5 aromatic rings. The normalized spacial score (nSPS) is 13.0. The number of fused-ring (bicyclic) bond motifs is 4. The van der Waals surface area contributed by atoms with Crippen molar-refractivity contribution in [3.05, 3.63) is 83.6 Å². The summed E-state index contributed by atoms with van der Waals surface area (Å²) < 4.78 is 8.83. The second-order valence-electron chi connectivity index (χ2n) is 8.88. The van der Waals surface area contributed by atoms with Crippen LogP contribution in [0.2, 0.25) is 0 Å². The molecule has 0 saturated heterocycles. The molecule has 3 aromatic carbocycles. The summed E-state index contributed by atoms with van der Waals surface area (Å²) in [4.78, 5) is 2.28. The molecule has 1 aliphatic heterocycles. The van der Waals surface area contributed by atoms with Gasteiger partial charge in [-0.1, -0.05) is 24.3 Å². The van der Waals surface area contributed by atoms with Crippen LogP contribution in [0.1, 0.15) is 16.7 Å². The Morgan fingerprint density at radius 3 is 2.52 bits per heavy atom. The SMILES string of the molecule is Cc1ccc2c(oc3c(-c4cccc5c4CCN5C)c(C#N)ccc32)c1-c1cccc[n+]1C. The number of benzene rings is 3. The Morgan fingerprint density at radius 2 is 1.73 bits per heavy atom. The fourth-order valence-corrected chi connectivity index (χ4v) is 5.29. The summed E-state index contributed by atoms with van der Waals surface area (Å²) in [7, 11) is 4.18. The van der Waals surface area contributed by atoms with Gasteiger partial charge < -0.3 is 9.32 Å². The molecule has 1 aliphatic rings. The van der Waals surface area contributed by atoms with Crippen molar-refractivity contribution >= 4 is 27.6 Å². The van der Waals surface area contributed by atoms with Crippen LogP contribution in [0.3, 0.4) is 0 Å². The first-order valence-electron chi connectivity index (χ1n) is 11.3. The van der Waals surface area contributed by atoms with Crippen molar-refractivity contribution in [2.45, 2.75) is 13.3 Å². The molecule has 160 valence electrons. The largest absolute Gasteiger partial charge is 0.454 e. The van der Waals surface area contributed by atoms with Crippen LogP contribution >= 0.6 is 0 Å². The van der Waals surface area contributed by atoms with Gasteiger partial charge in [0, 0.05) is 47.7 Å². The van der Waals surface area contributed by atoms with Crippen molar-refractivity contribution < 1.29 is 8.98 Å². The summed E-state index contributed by atoms with van der Waals surface area (Å²) in [6, 6.07) is 23.3. The summed E-state index contributed by atoms with van der Waals surface area (Å²) in [6.45, 7) is 3.11. The minimum atomic E-state index is 0.646. The number of hydrogen-bond acceptors (Lipinski definition) is 3. The van der Waals surface area contributed by atoms with Gasteiger partial charge in [0.05, 0.1) is 17.2 Å². The van der Waals surface area contributed by atoms with Crippen molar-refractivity contribution in [3.63, 3.8) is 0 Å². The lowest BCUT2D eigenvalue weighted by atomic mass is 9.92. The Balaban J connectivity index is 1.74. The molecule has 4 nitrogen and oxygen atoms in total. The maximum atomic E-state index is 10.0. The fourth-order valence-electron chi connectivity index (χ4n) is 5.29. The molecule has 6 rings (SSSR count). The summed E-state index contributed by atoms with van der Waals surface area (Å²) >= 11 is 0. The third kappa shape index (κ3) is 2.79. The first kappa shape index (κ1) is 19.6. The third-order valence-corrected chi connectivity index (χ3v) is 6.98. The second-order valence-corrected chi connectivity index (χ2v) is 8.88. The Labute approximate surface area is 192 Å². The highest BCUT2D eigenvalue weighted by Crippen LogP contribution is 2.44. The van der Waals surface area contributed by atoms with Crippen LogP contribution in [-0.2, 0) is 13.5 Å². The molecule has 0 atom stereocenters. The molecular weight excluding hydrogens is 406 g/mol. The third-order valence-electron chi connectivity index (χ3n) is 6.98. The molecule has 0 unspecified atom stereocenters. The molecule has 0 spiro atoms. The first-order valence-corrected chi connectivity index (χ1v) is 11.3. The van der Waals surface area contributed by atoms with Gasteiger partial charge in [-0.05, 0) is 54.3 Å². The van der Waals surface area contributed by atoms with E-state index in [4.69, 9.17) is 4.42 Å². The number of pyridine rings is 1. The molecule has 0 bridgehead atoms. The molecule has 33 heavy (non-hydrogen) atoms. The van der Waals surface area contributed by atoms with Crippen molar-refractivity contribution in [2.75, 3.05) is 18.5 Å². The Bertz CT molecular complexity index is 1620. The lowest BCUT2D eigenvalue weighted by Crippen LogP contribution is -2.30. The van der Waals surface area contributed by atoms with Crippen LogP contribution in [0.5, 0.6) is 0 Å². The minimum Gasteiger partial charge on any atom is -0.454 e. The van der Waals surface area contributed by atoms with Gasteiger partial charge in [0.2, 0.25) is 5.69 Å². The minimum absolute atomic E-state index is 0.646. The lowest BCUT2D eigenvalue weighted by Gasteiger charge is -2.14. The van der Waals surface area contributed by atoms with Crippen LogP contribution in [0.4, 0.5) is 5.69 Å². The number of likely N-dealkylation sites (N-methyl/N-ethyl adjacent to an activating group) is 1. The van der Waals surface area contributed by atoms with E-state index in [1.807, 2.05) is 18.2 Å². The topological polar surface area (TPSA) is 44.1 Å². The molecule has 0 amide bonds. The predicted octanol–water partition coefficient (Wildman–Crippen LogP) is 5.92. The van der Waals surface area contributed by atoms with E-state index in [2.05, 4.69) is 85.2 Å². The average molecular weight is 431 g/mol. The zero-order chi connectivity index (χ0) is 22.7. The highest BCUT2D eigenvalue weighted by atomic mass is 16.3. The quantitative estimate of drug-likeness (QED) is 0.327. The number of anilines is 1. The maximum absolute atomic E-state index is 10.0. The summed E-state index contributed by atoms with van der Waals surface area (Å²) in [5, 5.41) is 12.1. The highest BCUT2D eigenvalue weighted by Gasteiger charge is 2.26. The summed E-state index contributed by atoms with van der Waals surface area (Å²) in [5.74, 6) is 0. The standard InChI is InChI=1S/C29H24N3O/c1-18-10-12-22-23-13-11-19(17-30)27(21-7-6-9-24-20(21)14-16-32(24)3)29(23)33-28(22)26(18)25-8-4-5-15-31(25)2/h4-13,15H,14,16H2,1-3H3/q+1. The Hall–Kier alpha value is -4.10. The maximum Gasteiger partial charge on any atom is 0.216 e. The van der Waals surface area contributed by atoms with Gasteiger partial charge in [0.25, 0.3) is 0 Å². The summed E-state index contributed by atoms with van der Waals surface area (Å²) in [6.07, 6.45) is 3.02. The van der Waals surface area contributed by atoms with Crippen LogP contribution < -0.4 is 9.47 Å². The number of hydrogen-bond donors (Lipinski definition) is 0. The van der Waals surface area contributed by atoms with Crippen LogP contribution in [-0.4, -0.2) is 13.6 Å². The predicted molar refractivity (Wildman–Crippen MR) is 132 cm³/mol. The van der Waals surface area contributed by atoms with Crippen LogP contribution in [0, 0.1) is 18.3 Å². The molecule has 4 heteroatoms. The van der Waals surface area contributed by atoms with E-state index >= 15 is 0 Å². The van der Waals surface area contributed by atoms with E-state index in [0.717, 1.165) is 62.9 Å². The van der Waals surface area contributed by atoms with E-state index < -0.39 is 0 Å². The molecular formula is C29H24N3O+. The first-order chi connectivity index (χ1) is 16.1. The fraction of sp³-hybridized carbons (Fsp3) is 0.172. The zero-order valence-corrected chi connectivity index (χ0v) is 19.0. The highest BCUT2D eigenvalue weighted by molar-refractivity contribution is 6.14. The molecule has 0 N–H and O–H groups in total. The van der Waals surface area contributed by atoms with Gasteiger partial charge in [0.15, 0.2) is 6.20 Å². The van der Waals surface area contributed by atoms with Crippen molar-refractivity contribution in [2.24, 2.45) is 7.05 Å². The number of aromatic nitrogens is 1. The average Bonchev–Trinajstić information content (AvgIpc) is 3.39. The van der Waals surface area contributed by atoms with E-state index in [0.29, 0.717) is 5.56 Å². The smallest absolute Gasteiger partial charge is 0.216 e. The van der Waals surface area contributed by atoms with Crippen LogP contribution in [0.15, 0.2) is 71.3 Å². The number of nitriles is 1. The van der Waals surface area contributed by atoms with E-state index in [-0.39, 0.29) is 0 Å². The van der Waals surface area contributed by atoms with E-state index in [1.165, 1.54) is 11.3 Å². The zero-order valence-electron chi connectivity index (χ0n) is 19.0. The lowest BCUT2D eigenvalue weighted by molar-refractivity contribution is -0.660. The van der Waals surface area contributed by atoms with Gasteiger partial charge >= 0.3 is 0 Å². The number of rotatable bonds is 2. The second kappa shape index (κ2) is 7.21. The molecule has 3 heterocycles. The van der Waals surface area contributed by atoms with Crippen LogP contribution in [0.25, 0.3) is 44.3 Å². The monoisotopic (exact) mass is 430 g/mol. The van der Waals surface area contributed by atoms with E-state index in [9.17, 15) is 5.26 Å². The van der Waals surface area contributed by atoms with Gasteiger partial charge in [-0.25, -0.2) is 4.57 Å². The molecule has 2 aromatic heterocycles. The molecule has 0 aliphatic carbocycles. The van der Waals surface area contributed by atoms with Gasteiger partial charge in [-0.3, -0.25) is 0 Å². The summed E-state index contributed by atoms with van der Waals surface area (Å²) in [5.41, 5.74) is 10.2. The van der Waals surface area contributed by atoms with Gasteiger partial charge in [-0.2, -0.15) is 5.26 Å². The molecule has 0 radical (unpaired) electrons. The Kier molecular flexibility index (Phi) is 4.28. The Morgan fingerprint density at radius 1 is 0.939 bits per heavy atom. The molecule has 0 saturated carbocycles. The molecule has 0 fully saturated rings. The number of furan rings is 1.